The van der Waals surface area contributed by atoms with Crippen LogP contribution in [0.1, 0.15) is 0 Å². The number of hydrogen-bond donors (Lipinski definition) is 2. The third-order valence-corrected chi connectivity index (χ3v) is 2.65. The minimum absolute atomic E-state index is 0.225. The molecule has 0 saturated heterocycles. The van der Waals surface area contributed by atoms with Crippen LogP contribution in [0, 0.1) is 0 Å². The predicted octanol–water partition coefficient (Wildman–Crippen LogP) is 3.38. The Bertz CT molecular complexity index is 278. The molecule has 3 nitrogen and oxygen atoms in total. The molecule has 0 saturated carbocycles. The van der Waals surface area contributed by atoms with Gasteiger partial charge in [-0.2, -0.15) is 0 Å². The van der Waals surface area contributed by atoms with Gasteiger partial charge in [-0.3, -0.25) is 4.79 Å². The largest absolute Gasteiger partial charge is 0.506 e. The van der Waals surface area contributed by atoms with E-state index in [9.17, 15) is 5.11 Å². The van der Waals surface area contributed by atoms with Crippen LogP contribution in [0.2, 0.25) is 0 Å². The minimum atomic E-state index is -0.250. The molecule has 0 aliphatic heterocycles. The SMILES string of the molecule is O=CO.Oc1c(Br)cc(Br)cc1Br. The van der Waals surface area contributed by atoms with Crippen molar-refractivity contribution >= 4 is 54.3 Å². The fourth-order valence-electron chi connectivity index (χ4n) is 0.535. The van der Waals surface area contributed by atoms with E-state index in [4.69, 9.17) is 9.90 Å². The number of aromatic hydroxyl groups is 1. The Kier molecular flexibility index (Phi) is 6.36. The third-order valence-electron chi connectivity index (χ3n) is 0.982. The normalized spacial score (nSPS) is 8.54. The maximum atomic E-state index is 9.22. The number of rotatable bonds is 0. The highest BCUT2D eigenvalue weighted by Gasteiger charge is 2.02. The van der Waals surface area contributed by atoms with E-state index in [-0.39, 0.29) is 12.2 Å². The van der Waals surface area contributed by atoms with Crippen LogP contribution in [0.15, 0.2) is 25.6 Å². The Morgan fingerprint density at radius 2 is 1.46 bits per heavy atom. The zero-order valence-electron chi connectivity index (χ0n) is 6.17. The number of halogens is 3. The topological polar surface area (TPSA) is 57.5 Å². The van der Waals surface area contributed by atoms with Crippen LogP contribution in [0.25, 0.3) is 0 Å². The average Bonchev–Trinajstić information content (AvgIpc) is 2.01. The van der Waals surface area contributed by atoms with Gasteiger partial charge in [0.1, 0.15) is 5.75 Å². The van der Waals surface area contributed by atoms with Gasteiger partial charge < -0.3 is 10.2 Å². The van der Waals surface area contributed by atoms with Crippen LogP contribution in [-0.4, -0.2) is 16.7 Å². The van der Waals surface area contributed by atoms with Crippen molar-refractivity contribution in [3.05, 3.63) is 25.6 Å². The van der Waals surface area contributed by atoms with E-state index in [1.807, 2.05) is 0 Å². The summed E-state index contributed by atoms with van der Waals surface area (Å²) in [4.78, 5) is 8.36. The van der Waals surface area contributed by atoms with E-state index in [1.54, 1.807) is 12.1 Å². The second-order valence-electron chi connectivity index (χ2n) is 1.82. The van der Waals surface area contributed by atoms with E-state index in [1.165, 1.54) is 0 Å². The molecule has 0 radical (unpaired) electrons. The molecule has 1 rings (SSSR count). The molecular formula is C7H5Br3O3. The molecule has 6 heteroatoms. The summed E-state index contributed by atoms with van der Waals surface area (Å²) < 4.78 is 2.27. The fourth-order valence-corrected chi connectivity index (χ4v) is 2.79. The van der Waals surface area contributed by atoms with Crippen LogP contribution < -0.4 is 0 Å². The first-order valence-corrected chi connectivity index (χ1v) is 5.32. The molecule has 0 bridgehead atoms. The highest BCUT2D eigenvalue weighted by Crippen LogP contribution is 2.34. The van der Waals surface area contributed by atoms with Crippen molar-refractivity contribution in [1.29, 1.82) is 0 Å². The molecule has 0 aromatic heterocycles. The number of carbonyl (C=O) groups is 1. The molecular weight excluding hydrogens is 372 g/mol. The van der Waals surface area contributed by atoms with Crippen molar-refractivity contribution in [2.75, 3.05) is 0 Å². The molecule has 0 aliphatic rings. The summed E-state index contributed by atoms with van der Waals surface area (Å²) in [5.74, 6) is 0.225. The standard InChI is InChI=1S/C6H3Br3O.CH2O2/c7-3-1-4(8)6(10)5(9)2-3;2-1-3/h1-2,10H;1H,(H,2,3). The second kappa shape index (κ2) is 6.39. The Hall–Kier alpha value is -0.0700. The molecule has 0 spiro atoms. The van der Waals surface area contributed by atoms with Crippen LogP contribution in [0.4, 0.5) is 0 Å². The number of benzene rings is 1. The molecule has 0 unspecified atom stereocenters. The van der Waals surface area contributed by atoms with E-state index >= 15 is 0 Å². The summed E-state index contributed by atoms with van der Waals surface area (Å²) in [6, 6.07) is 3.56. The van der Waals surface area contributed by atoms with Gasteiger partial charge in [0.05, 0.1) is 8.95 Å². The maximum Gasteiger partial charge on any atom is 0.290 e. The number of phenols is 1. The second-order valence-corrected chi connectivity index (χ2v) is 4.45. The van der Waals surface area contributed by atoms with Gasteiger partial charge >= 0.3 is 0 Å². The number of hydrogen-bond acceptors (Lipinski definition) is 2. The monoisotopic (exact) mass is 374 g/mol. The van der Waals surface area contributed by atoms with Crippen LogP contribution >= 0.6 is 47.8 Å². The summed E-state index contributed by atoms with van der Waals surface area (Å²) in [5.41, 5.74) is 0. The van der Waals surface area contributed by atoms with E-state index < -0.39 is 0 Å². The molecule has 0 atom stereocenters. The van der Waals surface area contributed by atoms with Crippen molar-refractivity contribution in [2.45, 2.75) is 0 Å². The van der Waals surface area contributed by atoms with Gasteiger partial charge in [-0.05, 0) is 44.0 Å². The lowest BCUT2D eigenvalue weighted by Gasteiger charge is -1.99. The van der Waals surface area contributed by atoms with Gasteiger partial charge in [0.25, 0.3) is 6.47 Å². The van der Waals surface area contributed by atoms with Crippen molar-refractivity contribution in [3.8, 4) is 5.75 Å². The Balaban J connectivity index is 0.000000424. The lowest BCUT2D eigenvalue weighted by Crippen LogP contribution is -1.71. The molecule has 0 fully saturated rings. The van der Waals surface area contributed by atoms with Crippen molar-refractivity contribution < 1.29 is 15.0 Å². The van der Waals surface area contributed by atoms with E-state index in [2.05, 4.69) is 47.8 Å². The summed E-state index contributed by atoms with van der Waals surface area (Å²) in [6.07, 6.45) is 0. The summed E-state index contributed by atoms with van der Waals surface area (Å²) >= 11 is 9.65. The molecule has 1 aromatic rings. The van der Waals surface area contributed by atoms with E-state index in [0.29, 0.717) is 8.95 Å². The third kappa shape index (κ3) is 4.64. The molecule has 72 valence electrons. The maximum absolute atomic E-state index is 9.22. The number of carboxylic acid groups (broad SMARTS) is 1. The quantitative estimate of drug-likeness (QED) is 0.682. The Morgan fingerprint density at radius 3 is 1.77 bits per heavy atom. The molecule has 0 aliphatic carbocycles. The summed E-state index contributed by atoms with van der Waals surface area (Å²) in [6.45, 7) is -0.250. The van der Waals surface area contributed by atoms with Gasteiger partial charge in [0.15, 0.2) is 0 Å². The van der Waals surface area contributed by atoms with Gasteiger partial charge in [-0.15, -0.1) is 0 Å². The zero-order chi connectivity index (χ0) is 10.4. The predicted molar refractivity (Wildman–Crippen MR) is 59.9 cm³/mol. The summed E-state index contributed by atoms with van der Waals surface area (Å²) in [5, 5.41) is 16.1. The smallest absolute Gasteiger partial charge is 0.290 e. The van der Waals surface area contributed by atoms with Crippen LogP contribution in [0.5, 0.6) is 5.75 Å². The minimum Gasteiger partial charge on any atom is -0.506 e. The van der Waals surface area contributed by atoms with Crippen molar-refractivity contribution in [3.63, 3.8) is 0 Å². The molecule has 0 amide bonds. The lowest BCUT2D eigenvalue weighted by molar-refractivity contribution is -0.122. The van der Waals surface area contributed by atoms with Crippen molar-refractivity contribution in [2.24, 2.45) is 0 Å². The highest BCUT2D eigenvalue weighted by atomic mass is 79.9. The van der Waals surface area contributed by atoms with Crippen LogP contribution in [0.3, 0.4) is 0 Å². The summed E-state index contributed by atoms with van der Waals surface area (Å²) in [7, 11) is 0. The highest BCUT2D eigenvalue weighted by molar-refractivity contribution is 9.11. The Morgan fingerprint density at radius 1 is 1.15 bits per heavy atom. The van der Waals surface area contributed by atoms with Crippen LogP contribution in [-0.2, 0) is 4.79 Å². The van der Waals surface area contributed by atoms with Gasteiger partial charge in [-0.25, -0.2) is 0 Å². The van der Waals surface area contributed by atoms with Gasteiger partial charge in [0.2, 0.25) is 0 Å². The average molecular weight is 377 g/mol. The zero-order valence-corrected chi connectivity index (χ0v) is 10.9. The van der Waals surface area contributed by atoms with Gasteiger partial charge in [-0.1, -0.05) is 15.9 Å². The lowest BCUT2D eigenvalue weighted by atomic mass is 10.3. The first-order valence-electron chi connectivity index (χ1n) is 2.94. The molecule has 13 heavy (non-hydrogen) atoms. The van der Waals surface area contributed by atoms with Gasteiger partial charge in [0, 0.05) is 4.47 Å². The molecule has 0 heterocycles. The first kappa shape index (κ1) is 12.9. The fraction of sp³-hybridized carbons (Fsp3) is 0. The first-order chi connectivity index (χ1) is 6.02. The molecule has 1 aromatic carbocycles. The Labute approximate surface area is 100 Å². The van der Waals surface area contributed by atoms with Crippen molar-refractivity contribution in [1.82, 2.24) is 0 Å². The number of phenolic OH excluding ortho intramolecular Hbond substituents is 1. The molecule has 2 N–H and O–H groups in total. The van der Waals surface area contributed by atoms with E-state index in [0.717, 1.165) is 4.47 Å².